The van der Waals surface area contributed by atoms with Gasteiger partial charge < -0.3 is 4.74 Å². The Balaban J connectivity index is 0.000000252. The minimum atomic E-state index is -0.682. The van der Waals surface area contributed by atoms with Crippen LogP contribution in [0.25, 0.3) is 22.4 Å². The molecule has 6 rings (SSSR count). The Labute approximate surface area is 196 Å². The second-order valence-electron chi connectivity index (χ2n) is 8.86. The molecule has 0 amide bonds. The number of benzene rings is 1. The quantitative estimate of drug-likeness (QED) is 0.416. The molecule has 1 aliphatic carbocycles. The molecule has 2 fully saturated rings. The molecule has 176 valence electrons. The molecule has 9 heteroatoms. The number of aryl methyl sites for hydroxylation is 1. The van der Waals surface area contributed by atoms with Crippen LogP contribution in [0.3, 0.4) is 0 Å². The van der Waals surface area contributed by atoms with Crippen molar-refractivity contribution in [2.45, 2.75) is 57.6 Å². The van der Waals surface area contributed by atoms with Gasteiger partial charge in [-0.15, -0.1) is 0 Å². The highest BCUT2D eigenvalue weighted by molar-refractivity contribution is 5.86. The van der Waals surface area contributed by atoms with Gasteiger partial charge in [0.2, 0.25) is 0 Å². The van der Waals surface area contributed by atoms with Gasteiger partial charge in [-0.05, 0) is 57.7 Å². The third kappa shape index (κ3) is 4.94. The van der Waals surface area contributed by atoms with Crippen LogP contribution in [0, 0.1) is 18.6 Å². The van der Waals surface area contributed by atoms with Crippen molar-refractivity contribution in [2.24, 2.45) is 0 Å². The molecule has 0 radical (unpaired) electrons. The van der Waals surface area contributed by atoms with Crippen LogP contribution in [0.2, 0.25) is 0 Å². The number of hydrogen-bond donors (Lipinski definition) is 0. The van der Waals surface area contributed by atoms with Gasteiger partial charge in [-0.3, -0.25) is 4.68 Å². The molecule has 7 nitrogen and oxygen atoms in total. The number of hydrogen-bond acceptors (Lipinski definition) is 6. The molecule has 0 bridgehead atoms. The molecule has 0 N–H and O–H groups in total. The van der Waals surface area contributed by atoms with E-state index in [1.807, 2.05) is 37.0 Å². The first-order chi connectivity index (χ1) is 16.5. The molecular formula is C25H26F2N6O. The van der Waals surface area contributed by atoms with E-state index in [1.54, 1.807) is 6.20 Å². The van der Waals surface area contributed by atoms with Gasteiger partial charge in [0.05, 0.1) is 17.8 Å². The zero-order valence-corrected chi connectivity index (χ0v) is 19.2. The van der Waals surface area contributed by atoms with E-state index in [0.29, 0.717) is 35.0 Å². The first kappa shape index (κ1) is 22.5. The minimum Gasteiger partial charge on any atom is -0.378 e. The summed E-state index contributed by atoms with van der Waals surface area (Å²) in [5, 5.41) is 4.09. The third-order valence-electron chi connectivity index (χ3n) is 6.03. The van der Waals surface area contributed by atoms with E-state index >= 15 is 0 Å². The van der Waals surface area contributed by atoms with Gasteiger partial charge in [-0.25, -0.2) is 28.7 Å². The summed E-state index contributed by atoms with van der Waals surface area (Å²) in [6, 6.07) is 6.15. The normalized spacial score (nSPS) is 20.1. The molecule has 1 aliphatic heterocycles. The largest absolute Gasteiger partial charge is 0.378 e. The van der Waals surface area contributed by atoms with Crippen LogP contribution in [0.5, 0.6) is 0 Å². The fraction of sp³-hybridized carbons (Fsp3) is 0.400. The van der Waals surface area contributed by atoms with Crippen LogP contribution in [0.4, 0.5) is 8.78 Å². The molecule has 4 heterocycles. The van der Waals surface area contributed by atoms with Gasteiger partial charge in [-0.1, -0.05) is 0 Å². The van der Waals surface area contributed by atoms with Crippen LogP contribution < -0.4 is 0 Å². The molecular weight excluding hydrogens is 438 g/mol. The lowest BCUT2D eigenvalue weighted by Gasteiger charge is -2.26. The molecule has 1 aromatic carbocycles. The summed E-state index contributed by atoms with van der Waals surface area (Å²) in [5.41, 5.74) is 2.08. The van der Waals surface area contributed by atoms with E-state index in [-0.39, 0.29) is 17.6 Å². The summed E-state index contributed by atoms with van der Waals surface area (Å²) in [7, 11) is 0. The molecule has 4 aromatic rings. The maximum atomic E-state index is 14.4. The number of nitrogens with zero attached hydrogens (tertiary/aromatic N) is 6. The van der Waals surface area contributed by atoms with Gasteiger partial charge in [0.25, 0.3) is 0 Å². The van der Waals surface area contributed by atoms with Crippen molar-refractivity contribution in [2.75, 3.05) is 6.61 Å². The fourth-order valence-electron chi connectivity index (χ4n) is 4.13. The number of halogens is 2. The fourth-order valence-corrected chi connectivity index (χ4v) is 4.13. The Bertz CT molecular complexity index is 1290. The molecule has 34 heavy (non-hydrogen) atoms. The zero-order valence-electron chi connectivity index (χ0n) is 19.2. The maximum absolute atomic E-state index is 14.4. The first-order valence-electron chi connectivity index (χ1n) is 11.6. The summed E-state index contributed by atoms with van der Waals surface area (Å²) < 4.78 is 35.4. The Morgan fingerprint density at radius 3 is 2.65 bits per heavy atom. The zero-order chi connectivity index (χ0) is 23.7. The molecule has 0 spiro atoms. The lowest BCUT2D eigenvalue weighted by Crippen LogP contribution is -2.23. The average Bonchev–Trinajstić information content (AvgIpc) is 3.52. The van der Waals surface area contributed by atoms with Gasteiger partial charge >= 0.3 is 0 Å². The summed E-state index contributed by atoms with van der Waals surface area (Å²) in [5.74, 6) is -0.609. The van der Waals surface area contributed by atoms with Crippen molar-refractivity contribution in [1.82, 2.24) is 29.7 Å². The first-order valence-corrected chi connectivity index (χ1v) is 11.6. The highest BCUT2D eigenvalue weighted by Crippen LogP contribution is 2.34. The van der Waals surface area contributed by atoms with Crippen LogP contribution in [-0.4, -0.2) is 42.4 Å². The predicted molar refractivity (Wildman–Crippen MR) is 123 cm³/mol. The van der Waals surface area contributed by atoms with Crippen molar-refractivity contribution < 1.29 is 13.5 Å². The Kier molecular flexibility index (Phi) is 6.28. The van der Waals surface area contributed by atoms with E-state index in [2.05, 4.69) is 25.0 Å². The Morgan fingerprint density at radius 2 is 1.94 bits per heavy atom. The topological polar surface area (TPSA) is 78.6 Å². The summed E-state index contributed by atoms with van der Waals surface area (Å²) in [6.07, 6.45) is 9.78. The van der Waals surface area contributed by atoms with Crippen LogP contribution in [0.15, 0.2) is 42.9 Å². The number of rotatable bonds is 3. The number of fused-ring (bicyclic) bond motifs is 1. The monoisotopic (exact) mass is 464 g/mol. The summed E-state index contributed by atoms with van der Waals surface area (Å²) in [6.45, 7) is 4.47. The number of aromatic nitrogens is 6. The third-order valence-corrected chi connectivity index (χ3v) is 6.03. The highest BCUT2D eigenvalue weighted by Gasteiger charge is 2.26. The van der Waals surface area contributed by atoms with Crippen molar-refractivity contribution >= 4 is 11.2 Å². The van der Waals surface area contributed by atoms with Crippen molar-refractivity contribution in [3.05, 3.63) is 66.0 Å². The van der Waals surface area contributed by atoms with E-state index in [9.17, 15) is 8.78 Å². The second-order valence-corrected chi connectivity index (χ2v) is 8.86. The Morgan fingerprint density at radius 1 is 1.09 bits per heavy atom. The van der Waals surface area contributed by atoms with Crippen molar-refractivity contribution in [1.29, 1.82) is 0 Å². The minimum absolute atomic E-state index is 0.104. The van der Waals surface area contributed by atoms with E-state index in [4.69, 9.17) is 4.74 Å². The van der Waals surface area contributed by atoms with Gasteiger partial charge in [0.1, 0.15) is 28.7 Å². The molecule has 1 saturated heterocycles. The van der Waals surface area contributed by atoms with E-state index < -0.39 is 11.6 Å². The van der Waals surface area contributed by atoms with Crippen LogP contribution in [0.1, 0.15) is 56.1 Å². The van der Waals surface area contributed by atoms with Gasteiger partial charge in [0, 0.05) is 42.7 Å². The van der Waals surface area contributed by atoms with Crippen LogP contribution in [-0.2, 0) is 4.74 Å². The molecule has 1 saturated carbocycles. The second kappa shape index (κ2) is 9.50. The molecule has 0 unspecified atom stereocenters. The van der Waals surface area contributed by atoms with Gasteiger partial charge in [0.15, 0.2) is 5.65 Å². The highest BCUT2D eigenvalue weighted by atomic mass is 19.1. The smallest absolute Gasteiger partial charge is 0.182 e. The van der Waals surface area contributed by atoms with Crippen molar-refractivity contribution in [3.63, 3.8) is 0 Å². The van der Waals surface area contributed by atoms with Crippen LogP contribution >= 0.6 is 0 Å². The molecule has 2 aliphatic rings. The SMILES string of the molecule is Cc1cnc2c(-c3ccc(F)cc3F)nc([C@@H]3CCO[C@H](C)C3)nc2n1.c1cnn(C2CC2)c1. The maximum Gasteiger partial charge on any atom is 0.182 e. The predicted octanol–water partition coefficient (Wildman–Crippen LogP) is 5.17. The lowest BCUT2D eigenvalue weighted by atomic mass is 9.95. The van der Waals surface area contributed by atoms with E-state index in [0.717, 1.165) is 24.9 Å². The lowest BCUT2D eigenvalue weighted by molar-refractivity contribution is 0.0173. The summed E-state index contributed by atoms with van der Waals surface area (Å²) >= 11 is 0. The Hall–Kier alpha value is -3.33. The summed E-state index contributed by atoms with van der Waals surface area (Å²) in [4.78, 5) is 18.0. The molecule has 2 atom stereocenters. The van der Waals surface area contributed by atoms with Crippen molar-refractivity contribution in [3.8, 4) is 11.3 Å². The van der Waals surface area contributed by atoms with Gasteiger partial charge in [-0.2, -0.15) is 5.10 Å². The van der Waals surface area contributed by atoms with E-state index in [1.165, 1.54) is 25.0 Å². The number of ether oxygens (including phenoxy) is 1. The standard InChI is InChI=1S/C19H18F2N4O.C6H8N2/c1-10-9-22-17-16(14-4-3-13(20)8-15(14)21)24-18(25-19(17)23-10)12-5-6-26-11(2)7-12;1-4-7-8(5-1)6-2-3-6/h3-4,8-9,11-12H,5-7H2,1-2H3;1,4-6H,2-3H2/t11-,12-;/m1./s1. The molecule has 3 aromatic heterocycles. The average molecular weight is 465 g/mol.